The summed E-state index contributed by atoms with van der Waals surface area (Å²) in [4.78, 5) is 62.0. The number of amides is 3. The molecule has 0 bridgehead atoms. The zero-order chi connectivity index (χ0) is 26.5. The first kappa shape index (κ1) is 27.8. The fraction of sp³-hybridized carbons (Fsp3) is 0.320. The SMILES string of the molecule is COC(=O)C(NC(=O)[C@H](C)NC(=O)OCc1ccccc1)C(=O)N[C@@H](Cc1ccccc1)C(=O)OC. The molecule has 1 unspecified atom stereocenters. The Hall–Kier alpha value is -4.41. The van der Waals surface area contributed by atoms with E-state index in [4.69, 9.17) is 9.47 Å². The number of rotatable bonds is 11. The van der Waals surface area contributed by atoms with Gasteiger partial charge in [-0.25, -0.2) is 14.4 Å². The number of alkyl carbamates (subject to hydrolysis) is 1. The summed E-state index contributed by atoms with van der Waals surface area (Å²) < 4.78 is 14.4. The highest BCUT2D eigenvalue weighted by Crippen LogP contribution is 2.06. The zero-order valence-electron chi connectivity index (χ0n) is 20.2. The van der Waals surface area contributed by atoms with Gasteiger partial charge in [0, 0.05) is 6.42 Å². The quantitative estimate of drug-likeness (QED) is 0.234. The van der Waals surface area contributed by atoms with Crippen LogP contribution in [0.25, 0.3) is 0 Å². The number of methoxy groups -OCH3 is 2. The smallest absolute Gasteiger partial charge is 0.408 e. The molecule has 2 aromatic carbocycles. The van der Waals surface area contributed by atoms with E-state index in [2.05, 4.69) is 20.7 Å². The van der Waals surface area contributed by atoms with Gasteiger partial charge in [0.15, 0.2) is 0 Å². The molecule has 11 nitrogen and oxygen atoms in total. The van der Waals surface area contributed by atoms with Crippen LogP contribution in [0.3, 0.4) is 0 Å². The molecule has 0 aromatic heterocycles. The molecule has 36 heavy (non-hydrogen) atoms. The van der Waals surface area contributed by atoms with Crippen LogP contribution >= 0.6 is 0 Å². The second-order valence-electron chi connectivity index (χ2n) is 7.67. The van der Waals surface area contributed by atoms with Crippen molar-refractivity contribution in [3.05, 3.63) is 71.8 Å². The van der Waals surface area contributed by atoms with Crippen LogP contribution in [0.5, 0.6) is 0 Å². The molecular weight excluding hydrogens is 470 g/mol. The molecule has 0 heterocycles. The number of hydrogen-bond donors (Lipinski definition) is 3. The molecular formula is C25H29N3O8. The lowest BCUT2D eigenvalue weighted by Gasteiger charge is -2.22. The second kappa shape index (κ2) is 14.1. The Bertz CT molecular complexity index is 1050. The highest BCUT2D eigenvalue weighted by atomic mass is 16.5. The van der Waals surface area contributed by atoms with Gasteiger partial charge < -0.3 is 30.2 Å². The predicted molar refractivity (Wildman–Crippen MR) is 127 cm³/mol. The third-order valence-corrected chi connectivity index (χ3v) is 5.01. The normalized spacial score (nSPS) is 12.8. The average molecular weight is 500 g/mol. The highest BCUT2D eigenvalue weighted by Gasteiger charge is 2.34. The number of nitrogens with one attached hydrogen (secondary N) is 3. The van der Waals surface area contributed by atoms with E-state index in [0.717, 1.165) is 25.3 Å². The number of hydrogen-bond acceptors (Lipinski definition) is 8. The largest absolute Gasteiger partial charge is 0.467 e. The molecule has 0 fully saturated rings. The van der Waals surface area contributed by atoms with Crippen molar-refractivity contribution in [2.45, 2.75) is 38.1 Å². The van der Waals surface area contributed by atoms with Crippen molar-refractivity contribution in [1.29, 1.82) is 0 Å². The number of benzene rings is 2. The zero-order valence-corrected chi connectivity index (χ0v) is 20.2. The van der Waals surface area contributed by atoms with Gasteiger partial charge in [0.1, 0.15) is 18.7 Å². The second-order valence-corrected chi connectivity index (χ2v) is 7.67. The van der Waals surface area contributed by atoms with Crippen molar-refractivity contribution >= 4 is 29.8 Å². The molecule has 3 atom stereocenters. The number of carbonyl (C=O) groups is 5. The minimum atomic E-state index is -1.78. The number of esters is 2. The van der Waals surface area contributed by atoms with Crippen molar-refractivity contribution in [2.75, 3.05) is 14.2 Å². The van der Waals surface area contributed by atoms with Crippen molar-refractivity contribution < 1.29 is 38.2 Å². The monoisotopic (exact) mass is 499 g/mol. The Labute approximate surface area is 208 Å². The van der Waals surface area contributed by atoms with Gasteiger partial charge >= 0.3 is 18.0 Å². The molecule has 0 aliphatic rings. The van der Waals surface area contributed by atoms with Crippen LogP contribution in [0.2, 0.25) is 0 Å². The summed E-state index contributed by atoms with van der Waals surface area (Å²) in [5, 5.41) is 6.96. The summed E-state index contributed by atoms with van der Waals surface area (Å²) in [6, 6.07) is 13.7. The Balaban J connectivity index is 2.00. The summed E-state index contributed by atoms with van der Waals surface area (Å²) >= 11 is 0. The topological polar surface area (TPSA) is 149 Å². The molecule has 0 aliphatic carbocycles. The van der Waals surface area contributed by atoms with E-state index in [1.54, 1.807) is 54.6 Å². The molecule has 192 valence electrons. The summed E-state index contributed by atoms with van der Waals surface area (Å²) in [6.45, 7) is 1.34. The van der Waals surface area contributed by atoms with Crippen LogP contribution in [0, 0.1) is 0 Å². The Kier molecular flexibility index (Phi) is 10.9. The summed E-state index contributed by atoms with van der Waals surface area (Å²) in [6.07, 6.45) is -0.777. The predicted octanol–water partition coefficient (Wildman–Crippen LogP) is 0.860. The lowest BCUT2D eigenvalue weighted by Crippen LogP contribution is -2.58. The van der Waals surface area contributed by atoms with Gasteiger partial charge in [-0.2, -0.15) is 0 Å². The van der Waals surface area contributed by atoms with Crippen LogP contribution in [0.4, 0.5) is 4.79 Å². The minimum absolute atomic E-state index is 0.00939. The van der Waals surface area contributed by atoms with E-state index in [-0.39, 0.29) is 13.0 Å². The van der Waals surface area contributed by atoms with Crippen molar-refractivity contribution in [1.82, 2.24) is 16.0 Å². The third-order valence-electron chi connectivity index (χ3n) is 5.01. The maximum atomic E-state index is 12.9. The van der Waals surface area contributed by atoms with Crippen LogP contribution in [0.1, 0.15) is 18.1 Å². The molecule has 0 radical (unpaired) electrons. The van der Waals surface area contributed by atoms with Gasteiger partial charge in [0.25, 0.3) is 5.91 Å². The van der Waals surface area contributed by atoms with Gasteiger partial charge in [-0.15, -0.1) is 0 Å². The molecule has 3 amide bonds. The summed E-state index contributed by atoms with van der Waals surface area (Å²) in [5.41, 5.74) is 1.49. The fourth-order valence-corrected chi connectivity index (χ4v) is 3.06. The first-order chi connectivity index (χ1) is 17.2. The Morgan fingerprint density at radius 1 is 0.722 bits per heavy atom. The van der Waals surface area contributed by atoms with Crippen LogP contribution in [-0.2, 0) is 46.4 Å². The Morgan fingerprint density at radius 3 is 1.83 bits per heavy atom. The molecule has 2 rings (SSSR count). The molecule has 0 spiro atoms. The van der Waals surface area contributed by atoms with Crippen LogP contribution in [-0.4, -0.2) is 62.2 Å². The van der Waals surface area contributed by atoms with E-state index < -0.39 is 48.0 Å². The van der Waals surface area contributed by atoms with Gasteiger partial charge in [0.05, 0.1) is 14.2 Å². The van der Waals surface area contributed by atoms with E-state index in [0.29, 0.717) is 0 Å². The maximum Gasteiger partial charge on any atom is 0.408 e. The van der Waals surface area contributed by atoms with Crippen LogP contribution < -0.4 is 16.0 Å². The minimum Gasteiger partial charge on any atom is -0.467 e. The lowest BCUT2D eigenvalue weighted by atomic mass is 10.1. The average Bonchev–Trinajstić information content (AvgIpc) is 2.90. The lowest BCUT2D eigenvalue weighted by molar-refractivity contribution is -0.151. The van der Waals surface area contributed by atoms with Crippen molar-refractivity contribution in [3.63, 3.8) is 0 Å². The molecule has 2 aromatic rings. The van der Waals surface area contributed by atoms with Crippen molar-refractivity contribution in [2.24, 2.45) is 0 Å². The molecule has 0 aliphatic heterocycles. The van der Waals surface area contributed by atoms with Gasteiger partial charge in [-0.3, -0.25) is 9.59 Å². The molecule has 11 heteroatoms. The van der Waals surface area contributed by atoms with Crippen molar-refractivity contribution in [3.8, 4) is 0 Å². The van der Waals surface area contributed by atoms with E-state index in [1.807, 2.05) is 6.07 Å². The standard InChI is InChI=1S/C25H29N3O8/c1-16(26-25(33)36-15-18-12-8-5-9-13-18)21(29)28-20(24(32)35-3)22(30)27-19(23(31)34-2)14-17-10-6-4-7-11-17/h4-13,16,19-20H,14-15H2,1-3H3,(H,26,33)(H,27,30)(H,28,29)/t16-,19-,20?/m0/s1. The summed E-state index contributed by atoms with van der Waals surface area (Å²) in [5.74, 6) is -3.64. The summed E-state index contributed by atoms with van der Waals surface area (Å²) in [7, 11) is 2.20. The van der Waals surface area contributed by atoms with Gasteiger partial charge in [-0.05, 0) is 18.1 Å². The molecule has 3 N–H and O–H groups in total. The third kappa shape index (κ3) is 8.75. The molecule has 0 saturated carbocycles. The van der Waals surface area contributed by atoms with E-state index >= 15 is 0 Å². The van der Waals surface area contributed by atoms with Crippen LogP contribution in [0.15, 0.2) is 60.7 Å². The fourth-order valence-electron chi connectivity index (χ4n) is 3.06. The molecule has 0 saturated heterocycles. The maximum absolute atomic E-state index is 12.9. The number of ether oxygens (including phenoxy) is 3. The van der Waals surface area contributed by atoms with Gasteiger partial charge in [-0.1, -0.05) is 60.7 Å². The van der Waals surface area contributed by atoms with Gasteiger partial charge in [0.2, 0.25) is 11.9 Å². The first-order valence-electron chi connectivity index (χ1n) is 11.0. The highest BCUT2D eigenvalue weighted by molar-refractivity contribution is 6.06. The van der Waals surface area contributed by atoms with E-state index in [9.17, 15) is 24.0 Å². The van der Waals surface area contributed by atoms with E-state index in [1.165, 1.54) is 6.92 Å². The first-order valence-corrected chi connectivity index (χ1v) is 11.0. The Morgan fingerprint density at radius 2 is 1.28 bits per heavy atom. The number of carbonyl (C=O) groups excluding carboxylic acids is 5.